The highest BCUT2D eigenvalue weighted by Gasteiger charge is 2.07. The average molecular weight is 314 g/mol. The van der Waals surface area contributed by atoms with E-state index in [1.165, 1.54) is 0 Å². The van der Waals surface area contributed by atoms with Gasteiger partial charge in [0.2, 0.25) is 5.91 Å². The van der Waals surface area contributed by atoms with E-state index in [0.717, 1.165) is 28.0 Å². The van der Waals surface area contributed by atoms with Gasteiger partial charge in [-0.25, -0.2) is 4.98 Å². The first-order valence-corrected chi connectivity index (χ1v) is 7.45. The number of amides is 1. The summed E-state index contributed by atoms with van der Waals surface area (Å²) in [6, 6.07) is 13.3. The smallest absolute Gasteiger partial charge is 0.224 e. The van der Waals surface area contributed by atoms with Gasteiger partial charge in [0.05, 0.1) is 17.5 Å². The molecule has 0 radical (unpaired) electrons. The zero-order valence-corrected chi connectivity index (χ0v) is 12.9. The summed E-state index contributed by atoms with van der Waals surface area (Å²) >= 11 is 6.07. The molecule has 2 N–H and O–H groups in total. The van der Waals surface area contributed by atoms with Crippen molar-refractivity contribution in [1.82, 2.24) is 15.3 Å². The Morgan fingerprint density at radius 2 is 2.09 bits per heavy atom. The van der Waals surface area contributed by atoms with Crippen LogP contribution >= 0.6 is 11.6 Å². The molecule has 0 aliphatic rings. The van der Waals surface area contributed by atoms with Crippen LogP contribution in [0.1, 0.15) is 17.0 Å². The minimum absolute atomic E-state index is 0.0319. The summed E-state index contributed by atoms with van der Waals surface area (Å²) in [5, 5.41) is 3.56. The number of carbonyl (C=O) groups is 1. The second kappa shape index (κ2) is 6.20. The summed E-state index contributed by atoms with van der Waals surface area (Å²) in [4.78, 5) is 19.6. The van der Waals surface area contributed by atoms with Gasteiger partial charge in [-0.05, 0) is 36.2 Å². The topological polar surface area (TPSA) is 57.8 Å². The number of aromatic nitrogens is 2. The molecular weight excluding hydrogens is 298 g/mol. The van der Waals surface area contributed by atoms with Crippen molar-refractivity contribution in [3.8, 4) is 0 Å². The molecule has 0 saturated carbocycles. The average Bonchev–Trinajstić information content (AvgIpc) is 2.86. The molecule has 0 bridgehead atoms. The summed E-state index contributed by atoms with van der Waals surface area (Å²) in [6.07, 6.45) is 0.332. The highest BCUT2D eigenvalue weighted by molar-refractivity contribution is 6.31. The van der Waals surface area contributed by atoms with Gasteiger partial charge in [-0.1, -0.05) is 35.9 Å². The third kappa shape index (κ3) is 3.28. The zero-order valence-electron chi connectivity index (χ0n) is 12.2. The fourth-order valence-corrected chi connectivity index (χ4v) is 2.58. The van der Waals surface area contributed by atoms with Crippen molar-refractivity contribution in [1.29, 1.82) is 0 Å². The third-order valence-electron chi connectivity index (χ3n) is 3.46. The van der Waals surface area contributed by atoms with E-state index in [1.807, 2.05) is 49.4 Å². The van der Waals surface area contributed by atoms with Gasteiger partial charge in [-0.2, -0.15) is 0 Å². The van der Waals surface area contributed by atoms with E-state index >= 15 is 0 Å². The fourth-order valence-electron chi connectivity index (χ4n) is 2.38. The van der Waals surface area contributed by atoms with Crippen LogP contribution < -0.4 is 5.32 Å². The molecule has 112 valence electrons. The van der Waals surface area contributed by atoms with E-state index in [2.05, 4.69) is 15.3 Å². The molecule has 0 saturated heterocycles. The molecule has 3 rings (SSSR count). The van der Waals surface area contributed by atoms with Crippen LogP contribution in [-0.2, 0) is 17.8 Å². The largest absolute Gasteiger partial charge is 0.352 e. The van der Waals surface area contributed by atoms with Gasteiger partial charge < -0.3 is 10.3 Å². The Morgan fingerprint density at radius 1 is 1.27 bits per heavy atom. The number of halogens is 1. The lowest BCUT2D eigenvalue weighted by atomic mass is 10.1. The van der Waals surface area contributed by atoms with E-state index in [0.29, 0.717) is 18.0 Å². The number of benzene rings is 2. The van der Waals surface area contributed by atoms with E-state index in [-0.39, 0.29) is 5.91 Å². The molecule has 0 fully saturated rings. The summed E-state index contributed by atoms with van der Waals surface area (Å²) in [5.41, 5.74) is 3.73. The van der Waals surface area contributed by atoms with Gasteiger partial charge in [0.15, 0.2) is 0 Å². The number of carbonyl (C=O) groups excluding carboxylic acids is 1. The predicted octanol–water partition coefficient (Wildman–Crippen LogP) is 3.38. The summed E-state index contributed by atoms with van der Waals surface area (Å²) in [7, 11) is 0. The quantitative estimate of drug-likeness (QED) is 0.775. The van der Waals surface area contributed by atoms with Crippen molar-refractivity contribution in [2.24, 2.45) is 0 Å². The lowest BCUT2D eigenvalue weighted by Crippen LogP contribution is -2.24. The number of nitrogens with one attached hydrogen (secondary N) is 2. The maximum absolute atomic E-state index is 12.1. The highest BCUT2D eigenvalue weighted by Crippen LogP contribution is 2.15. The van der Waals surface area contributed by atoms with E-state index in [4.69, 9.17) is 11.6 Å². The van der Waals surface area contributed by atoms with Crippen LogP contribution in [0.2, 0.25) is 5.02 Å². The molecule has 1 aromatic heterocycles. The lowest BCUT2D eigenvalue weighted by Gasteiger charge is -2.07. The van der Waals surface area contributed by atoms with E-state index in [9.17, 15) is 4.79 Å². The first-order chi connectivity index (χ1) is 10.6. The molecule has 0 aliphatic carbocycles. The molecule has 0 spiro atoms. The first-order valence-electron chi connectivity index (χ1n) is 7.07. The minimum atomic E-state index is -0.0319. The van der Waals surface area contributed by atoms with E-state index < -0.39 is 0 Å². The second-order valence-electron chi connectivity index (χ2n) is 5.22. The van der Waals surface area contributed by atoms with Gasteiger partial charge in [0, 0.05) is 11.6 Å². The molecule has 1 heterocycles. The monoisotopic (exact) mass is 313 g/mol. The number of H-pyrrole nitrogens is 1. The summed E-state index contributed by atoms with van der Waals surface area (Å²) in [6.45, 7) is 2.35. The molecule has 0 unspecified atom stereocenters. The van der Waals surface area contributed by atoms with Crippen LogP contribution in [0.4, 0.5) is 0 Å². The fraction of sp³-hybridized carbons (Fsp3) is 0.176. The van der Waals surface area contributed by atoms with Crippen LogP contribution in [0, 0.1) is 6.92 Å². The maximum atomic E-state index is 12.1. The Balaban J connectivity index is 1.64. The van der Waals surface area contributed by atoms with Crippen molar-refractivity contribution in [2.75, 3.05) is 0 Å². The highest BCUT2D eigenvalue weighted by atomic mass is 35.5. The molecule has 2 aromatic carbocycles. The van der Waals surface area contributed by atoms with Crippen LogP contribution in [0.15, 0.2) is 42.5 Å². The number of rotatable bonds is 4. The maximum Gasteiger partial charge on any atom is 0.224 e. The molecular formula is C17H16ClN3O. The number of aromatic amines is 1. The first kappa shape index (κ1) is 14.6. The Hall–Kier alpha value is -2.33. The predicted molar refractivity (Wildman–Crippen MR) is 87.8 cm³/mol. The van der Waals surface area contributed by atoms with Gasteiger partial charge in [0.25, 0.3) is 0 Å². The number of hydrogen-bond acceptors (Lipinski definition) is 2. The summed E-state index contributed by atoms with van der Waals surface area (Å²) in [5.74, 6) is 0.839. The second-order valence-corrected chi connectivity index (χ2v) is 5.63. The molecule has 0 aliphatic heterocycles. The minimum Gasteiger partial charge on any atom is -0.352 e. The molecule has 4 nitrogen and oxygen atoms in total. The van der Waals surface area contributed by atoms with Gasteiger partial charge in [0.1, 0.15) is 5.82 Å². The summed E-state index contributed by atoms with van der Waals surface area (Å²) < 4.78 is 0. The number of aryl methyl sites for hydroxylation is 1. The molecule has 1 amide bonds. The van der Waals surface area contributed by atoms with Gasteiger partial charge in [-0.15, -0.1) is 0 Å². The van der Waals surface area contributed by atoms with Crippen LogP contribution in [0.5, 0.6) is 0 Å². The van der Waals surface area contributed by atoms with Crippen LogP contribution in [0.25, 0.3) is 11.0 Å². The van der Waals surface area contributed by atoms with Gasteiger partial charge in [-0.3, -0.25) is 4.79 Å². The Kier molecular flexibility index (Phi) is 4.11. The Labute approximate surface area is 133 Å². The SMILES string of the molecule is Cc1nc2ccc(CC(=O)NCc3ccccc3Cl)cc2[nH]1. The molecule has 22 heavy (non-hydrogen) atoms. The lowest BCUT2D eigenvalue weighted by molar-refractivity contribution is -0.120. The zero-order chi connectivity index (χ0) is 15.5. The number of hydrogen-bond donors (Lipinski definition) is 2. The van der Waals surface area contributed by atoms with Gasteiger partial charge >= 0.3 is 0 Å². The number of nitrogens with zero attached hydrogens (tertiary/aromatic N) is 1. The number of imidazole rings is 1. The van der Waals surface area contributed by atoms with Crippen molar-refractivity contribution >= 4 is 28.5 Å². The van der Waals surface area contributed by atoms with Crippen molar-refractivity contribution in [3.05, 3.63) is 64.4 Å². The van der Waals surface area contributed by atoms with Crippen LogP contribution in [-0.4, -0.2) is 15.9 Å². The molecule has 5 heteroatoms. The van der Waals surface area contributed by atoms with Crippen molar-refractivity contribution in [3.63, 3.8) is 0 Å². The Morgan fingerprint density at radius 3 is 2.91 bits per heavy atom. The molecule has 0 atom stereocenters. The van der Waals surface area contributed by atoms with Crippen LogP contribution in [0.3, 0.4) is 0 Å². The standard InChI is InChI=1S/C17H16ClN3O/c1-11-20-15-7-6-12(8-16(15)21-11)9-17(22)19-10-13-4-2-3-5-14(13)18/h2-8H,9-10H2,1H3,(H,19,22)(H,20,21). The normalized spacial score (nSPS) is 10.8. The molecule has 3 aromatic rings. The van der Waals surface area contributed by atoms with Crippen molar-refractivity contribution in [2.45, 2.75) is 19.9 Å². The third-order valence-corrected chi connectivity index (χ3v) is 3.83. The van der Waals surface area contributed by atoms with E-state index in [1.54, 1.807) is 0 Å². The number of fused-ring (bicyclic) bond motifs is 1. The van der Waals surface area contributed by atoms with Crippen molar-refractivity contribution < 1.29 is 4.79 Å². The Bertz CT molecular complexity index is 826.